The van der Waals surface area contributed by atoms with E-state index in [0.717, 1.165) is 19.0 Å². The summed E-state index contributed by atoms with van der Waals surface area (Å²) in [4.78, 5) is 4.33. The number of aromatic nitrogens is 1. The van der Waals surface area contributed by atoms with E-state index >= 15 is 0 Å². The van der Waals surface area contributed by atoms with E-state index in [2.05, 4.69) is 31.1 Å². The van der Waals surface area contributed by atoms with Crippen molar-refractivity contribution in [2.45, 2.75) is 39.5 Å². The van der Waals surface area contributed by atoms with Crippen molar-refractivity contribution in [2.75, 3.05) is 13.1 Å². The highest BCUT2D eigenvalue weighted by atomic mass is 32.1. The number of nitrogens with zero attached hydrogens (tertiary/aromatic N) is 1. The summed E-state index contributed by atoms with van der Waals surface area (Å²) < 4.78 is 0. The van der Waals surface area contributed by atoms with Crippen LogP contribution in [0.3, 0.4) is 0 Å². The van der Waals surface area contributed by atoms with Crippen LogP contribution in [0.5, 0.6) is 0 Å². The number of nitrogens with one attached hydrogen (secondary N) is 1. The van der Waals surface area contributed by atoms with Crippen molar-refractivity contribution < 1.29 is 0 Å². The smallest absolute Gasteiger partial charge is 0.0965 e. The second kappa shape index (κ2) is 6.96. The van der Waals surface area contributed by atoms with Crippen molar-refractivity contribution in [3.63, 3.8) is 0 Å². The van der Waals surface area contributed by atoms with Crippen LogP contribution in [0.4, 0.5) is 0 Å². The minimum absolute atomic E-state index is 0.541. The molecule has 1 heterocycles. The van der Waals surface area contributed by atoms with Crippen LogP contribution in [0.15, 0.2) is 11.6 Å². The van der Waals surface area contributed by atoms with E-state index < -0.39 is 0 Å². The molecule has 0 aromatic carbocycles. The van der Waals surface area contributed by atoms with Crippen molar-refractivity contribution in [2.24, 2.45) is 5.92 Å². The lowest BCUT2D eigenvalue weighted by molar-refractivity contribution is 0.466. The Morgan fingerprint density at radius 3 is 2.80 bits per heavy atom. The Balaban J connectivity index is 2.15. The summed E-state index contributed by atoms with van der Waals surface area (Å²) in [6.07, 6.45) is 4.49. The molecule has 86 valence electrons. The molecule has 0 aliphatic heterocycles. The van der Waals surface area contributed by atoms with Gasteiger partial charge in [-0.15, -0.1) is 11.3 Å². The molecule has 0 aliphatic carbocycles. The highest BCUT2D eigenvalue weighted by Crippen LogP contribution is 2.16. The minimum atomic E-state index is 0.541. The third kappa shape index (κ3) is 4.76. The van der Waals surface area contributed by atoms with Crippen molar-refractivity contribution >= 4 is 11.3 Å². The first-order chi connectivity index (χ1) is 7.24. The minimum Gasteiger partial charge on any atom is -0.316 e. The lowest BCUT2D eigenvalue weighted by atomic mass is 10.1. The maximum absolute atomic E-state index is 4.33. The van der Waals surface area contributed by atoms with E-state index in [1.807, 2.05) is 11.6 Å². The zero-order valence-electron chi connectivity index (χ0n) is 9.99. The molecular formula is C12H22N2S. The topological polar surface area (TPSA) is 24.9 Å². The second-order valence-electron chi connectivity index (χ2n) is 4.32. The molecule has 3 heteroatoms. The van der Waals surface area contributed by atoms with E-state index in [0.29, 0.717) is 5.92 Å². The summed E-state index contributed by atoms with van der Waals surface area (Å²) in [6, 6.07) is 0. The van der Waals surface area contributed by atoms with Crippen molar-refractivity contribution in [1.29, 1.82) is 0 Å². The molecule has 2 nitrogen and oxygen atoms in total. The second-order valence-corrected chi connectivity index (χ2v) is 5.25. The van der Waals surface area contributed by atoms with Crippen LogP contribution in [-0.4, -0.2) is 18.1 Å². The third-order valence-corrected chi connectivity index (χ3v) is 3.60. The normalized spacial score (nSPS) is 15.1. The Bertz CT molecular complexity index is 246. The first-order valence-corrected chi connectivity index (χ1v) is 6.72. The van der Waals surface area contributed by atoms with Gasteiger partial charge >= 0.3 is 0 Å². The number of hydrogen-bond acceptors (Lipinski definition) is 3. The molecule has 0 amide bonds. The Kier molecular flexibility index (Phi) is 5.88. The molecule has 1 N–H and O–H groups in total. The summed E-state index contributed by atoms with van der Waals surface area (Å²) in [5, 5.41) is 6.81. The van der Waals surface area contributed by atoms with Gasteiger partial charge in [0.15, 0.2) is 0 Å². The van der Waals surface area contributed by atoms with Gasteiger partial charge in [0.2, 0.25) is 0 Å². The zero-order valence-corrected chi connectivity index (χ0v) is 10.8. The lowest BCUT2D eigenvalue weighted by Crippen LogP contribution is -2.25. The fraction of sp³-hybridized carbons (Fsp3) is 0.750. The molecule has 1 rings (SSSR count). The van der Waals surface area contributed by atoms with Crippen molar-refractivity contribution in [3.8, 4) is 0 Å². The molecular weight excluding hydrogens is 204 g/mol. The van der Waals surface area contributed by atoms with E-state index in [1.165, 1.54) is 17.8 Å². The first-order valence-electron chi connectivity index (χ1n) is 5.84. The van der Waals surface area contributed by atoms with Gasteiger partial charge in [-0.2, -0.15) is 0 Å². The molecule has 1 aromatic rings. The van der Waals surface area contributed by atoms with Crippen molar-refractivity contribution in [3.05, 3.63) is 16.6 Å². The Morgan fingerprint density at radius 2 is 2.20 bits per heavy atom. The molecule has 2 atom stereocenters. The zero-order chi connectivity index (χ0) is 11.1. The number of hydrogen-bond donors (Lipinski definition) is 1. The number of thiazole rings is 1. The largest absolute Gasteiger partial charge is 0.316 e. The molecule has 15 heavy (non-hydrogen) atoms. The highest BCUT2D eigenvalue weighted by molar-refractivity contribution is 7.09. The van der Waals surface area contributed by atoms with Crippen LogP contribution in [0.25, 0.3) is 0 Å². The Morgan fingerprint density at radius 1 is 1.40 bits per heavy atom. The van der Waals surface area contributed by atoms with Gasteiger partial charge < -0.3 is 5.32 Å². The molecule has 0 fully saturated rings. The maximum Gasteiger partial charge on any atom is 0.0965 e. The molecule has 2 unspecified atom stereocenters. The van der Waals surface area contributed by atoms with Gasteiger partial charge in [-0.25, -0.2) is 4.98 Å². The fourth-order valence-electron chi connectivity index (χ4n) is 1.71. The molecule has 1 aromatic heterocycles. The molecule has 0 aliphatic rings. The first kappa shape index (κ1) is 12.7. The summed E-state index contributed by atoms with van der Waals surface area (Å²) in [6.45, 7) is 8.96. The number of rotatable bonds is 7. The van der Waals surface area contributed by atoms with Gasteiger partial charge in [0.25, 0.3) is 0 Å². The van der Waals surface area contributed by atoms with E-state index in [4.69, 9.17) is 0 Å². The van der Waals surface area contributed by atoms with Crippen LogP contribution in [0.1, 0.15) is 44.5 Å². The molecule has 0 bridgehead atoms. The Labute approximate surface area is 97.1 Å². The maximum atomic E-state index is 4.33. The van der Waals surface area contributed by atoms with E-state index in [1.54, 1.807) is 11.3 Å². The summed E-state index contributed by atoms with van der Waals surface area (Å²) in [7, 11) is 0. The van der Waals surface area contributed by atoms with Crippen LogP contribution in [0, 0.1) is 5.92 Å². The highest BCUT2D eigenvalue weighted by Gasteiger charge is 2.08. The van der Waals surface area contributed by atoms with Gasteiger partial charge in [0.05, 0.1) is 5.01 Å². The van der Waals surface area contributed by atoms with Crippen LogP contribution < -0.4 is 5.32 Å². The van der Waals surface area contributed by atoms with E-state index in [-0.39, 0.29) is 0 Å². The summed E-state index contributed by atoms with van der Waals surface area (Å²) in [5.41, 5.74) is 0. The average molecular weight is 226 g/mol. The standard InChI is InChI=1S/C12H22N2S/c1-4-5-10(2)8-13-9-11(3)12-14-6-7-15-12/h6-7,10-11,13H,4-5,8-9H2,1-3H3. The van der Waals surface area contributed by atoms with E-state index in [9.17, 15) is 0 Å². The average Bonchev–Trinajstić information content (AvgIpc) is 2.70. The van der Waals surface area contributed by atoms with Gasteiger partial charge in [-0.05, 0) is 18.9 Å². The van der Waals surface area contributed by atoms with Gasteiger partial charge in [-0.3, -0.25) is 0 Å². The summed E-state index contributed by atoms with van der Waals surface area (Å²) >= 11 is 1.75. The SMILES string of the molecule is CCCC(C)CNCC(C)c1nccs1. The molecule has 0 radical (unpaired) electrons. The predicted octanol–water partition coefficient (Wildman–Crippen LogP) is 3.27. The van der Waals surface area contributed by atoms with Crippen molar-refractivity contribution in [1.82, 2.24) is 10.3 Å². The fourth-order valence-corrected chi connectivity index (χ4v) is 2.40. The summed E-state index contributed by atoms with van der Waals surface area (Å²) in [5.74, 6) is 1.33. The van der Waals surface area contributed by atoms with Crippen LogP contribution in [-0.2, 0) is 0 Å². The van der Waals surface area contributed by atoms with Gasteiger partial charge in [0, 0.05) is 24.0 Å². The van der Waals surface area contributed by atoms with Crippen LogP contribution >= 0.6 is 11.3 Å². The molecule has 0 saturated heterocycles. The lowest BCUT2D eigenvalue weighted by Gasteiger charge is -2.14. The van der Waals surface area contributed by atoms with Gasteiger partial charge in [0.1, 0.15) is 0 Å². The molecule has 0 saturated carbocycles. The molecule has 0 spiro atoms. The van der Waals surface area contributed by atoms with Crippen LogP contribution in [0.2, 0.25) is 0 Å². The quantitative estimate of drug-likeness (QED) is 0.772. The predicted molar refractivity (Wildman–Crippen MR) is 67.5 cm³/mol. The third-order valence-electron chi connectivity index (χ3n) is 2.60. The van der Waals surface area contributed by atoms with Gasteiger partial charge in [-0.1, -0.05) is 27.2 Å². The Hall–Kier alpha value is -0.410. The monoisotopic (exact) mass is 226 g/mol.